The smallest absolute Gasteiger partial charge is 0.0662 e. The van der Waals surface area contributed by atoms with Gasteiger partial charge < -0.3 is 10.4 Å². The van der Waals surface area contributed by atoms with Gasteiger partial charge in [-0.25, -0.2) is 0 Å². The molecule has 2 aromatic rings. The molecule has 0 spiro atoms. The van der Waals surface area contributed by atoms with Gasteiger partial charge in [0.25, 0.3) is 0 Å². The van der Waals surface area contributed by atoms with E-state index in [1.807, 2.05) is 13.0 Å². The van der Waals surface area contributed by atoms with Gasteiger partial charge in [-0.2, -0.15) is 5.10 Å². The molecule has 132 valence electrons. The van der Waals surface area contributed by atoms with E-state index in [2.05, 4.69) is 62.0 Å². The van der Waals surface area contributed by atoms with Crippen LogP contribution in [0.2, 0.25) is 0 Å². The summed E-state index contributed by atoms with van der Waals surface area (Å²) in [5, 5.41) is 17.8. The lowest BCUT2D eigenvalue weighted by Crippen LogP contribution is -2.31. The molecule has 0 fully saturated rings. The Hall–Kier alpha value is -1.65. The second kappa shape index (κ2) is 7.95. The monoisotopic (exact) mass is 329 g/mol. The van der Waals surface area contributed by atoms with E-state index in [0.29, 0.717) is 0 Å². The second-order valence-corrected chi connectivity index (χ2v) is 7.61. The first-order valence-electron chi connectivity index (χ1n) is 8.74. The highest BCUT2D eigenvalue weighted by Crippen LogP contribution is 2.22. The van der Waals surface area contributed by atoms with Crippen molar-refractivity contribution < 1.29 is 5.11 Å². The van der Waals surface area contributed by atoms with Crippen molar-refractivity contribution in [3.05, 3.63) is 52.8 Å². The summed E-state index contributed by atoms with van der Waals surface area (Å²) in [4.78, 5) is 0. The topological polar surface area (TPSA) is 50.1 Å². The number of hydrogen-bond acceptors (Lipinski definition) is 3. The van der Waals surface area contributed by atoms with Crippen LogP contribution in [0.15, 0.2) is 30.3 Å². The molecule has 0 saturated carbocycles. The van der Waals surface area contributed by atoms with Crippen molar-refractivity contribution in [2.45, 2.75) is 60.2 Å². The van der Waals surface area contributed by atoms with Gasteiger partial charge in [0.05, 0.1) is 18.3 Å². The van der Waals surface area contributed by atoms with Gasteiger partial charge in [0.15, 0.2) is 0 Å². The van der Waals surface area contributed by atoms with Crippen LogP contribution < -0.4 is 5.32 Å². The second-order valence-electron chi connectivity index (χ2n) is 7.61. The molecule has 0 bridgehead atoms. The number of nitrogens with one attached hydrogen (secondary N) is 1. The van der Waals surface area contributed by atoms with Crippen molar-refractivity contribution in [1.82, 2.24) is 15.1 Å². The van der Waals surface area contributed by atoms with Crippen LogP contribution in [0.25, 0.3) is 0 Å². The zero-order valence-electron chi connectivity index (χ0n) is 15.6. The molecule has 2 rings (SSSR count). The van der Waals surface area contributed by atoms with E-state index in [9.17, 15) is 5.11 Å². The number of aryl methyl sites for hydroxylation is 1. The summed E-state index contributed by atoms with van der Waals surface area (Å²) in [6.07, 6.45) is 0.532. The number of hydrogen-bond donors (Lipinski definition) is 2. The normalized spacial score (nSPS) is 13.2. The SMILES string of the molecule is Cc1nn(Cc2ccccc2)c(C)c1CNCC(C)(C)CC(C)O. The van der Waals surface area contributed by atoms with Gasteiger partial charge in [0, 0.05) is 24.3 Å². The van der Waals surface area contributed by atoms with E-state index in [4.69, 9.17) is 5.10 Å². The minimum absolute atomic E-state index is 0.0794. The van der Waals surface area contributed by atoms with Crippen molar-refractivity contribution in [2.24, 2.45) is 5.41 Å². The minimum Gasteiger partial charge on any atom is -0.393 e. The third-order valence-electron chi connectivity index (χ3n) is 4.46. The van der Waals surface area contributed by atoms with Gasteiger partial charge in [0.2, 0.25) is 0 Å². The fourth-order valence-corrected chi connectivity index (χ4v) is 3.30. The van der Waals surface area contributed by atoms with Crippen LogP contribution in [0, 0.1) is 19.3 Å². The van der Waals surface area contributed by atoms with Crippen LogP contribution in [-0.4, -0.2) is 27.5 Å². The number of aliphatic hydroxyl groups excluding tert-OH is 1. The number of aromatic nitrogens is 2. The molecule has 4 nitrogen and oxygen atoms in total. The highest BCUT2D eigenvalue weighted by Gasteiger charge is 2.20. The Kier molecular flexibility index (Phi) is 6.19. The lowest BCUT2D eigenvalue weighted by molar-refractivity contribution is 0.128. The zero-order valence-corrected chi connectivity index (χ0v) is 15.6. The Morgan fingerprint density at radius 2 is 1.88 bits per heavy atom. The van der Waals surface area contributed by atoms with E-state index in [1.165, 1.54) is 16.8 Å². The molecule has 1 aromatic carbocycles. The van der Waals surface area contributed by atoms with Gasteiger partial charge in [-0.3, -0.25) is 4.68 Å². The van der Waals surface area contributed by atoms with Crippen molar-refractivity contribution in [2.75, 3.05) is 6.54 Å². The Bertz CT molecular complexity index is 644. The molecule has 1 aromatic heterocycles. The van der Waals surface area contributed by atoms with Crippen molar-refractivity contribution in [1.29, 1.82) is 0 Å². The molecular weight excluding hydrogens is 298 g/mol. The van der Waals surface area contributed by atoms with Crippen LogP contribution in [0.5, 0.6) is 0 Å². The summed E-state index contributed by atoms with van der Waals surface area (Å²) in [6, 6.07) is 10.4. The lowest BCUT2D eigenvalue weighted by Gasteiger charge is -2.26. The standard InChI is InChI=1S/C20H31N3O/c1-15(24)11-20(4,5)14-21-12-19-16(2)22-23(17(19)3)13-18-9-7-6-8-10-18/h6-10,15,21,24H,11-14H2,1-5H3. The highest BCUT2D eigenvalue weighted by molar-refractivity contribution is 5.26. The fourth-order valence-electron chi connectivity index (χ4n) is 3.30. The largest absolute Gasteiger partial charge is 0.393 e. The molecule has 0 amide bonds. The molecule has 0 aliphatic heterocycles. The van der Waals surface area contributed by atoms with Crippen LogP contribution in [0.4, 0.5) is 0 Å². The van der Waals surface area contributed by atoms with Crippen molar-refractivity contribution >= 4 is 0 Å². The highest BCUT2D eigenvalue weighted by atomic mass is 16.3. The Labute approximate surface area is 145 Å². The molecule has 1 heterocycles. The van der Waals surface area contributed by atoms with Crippen LogP contribution in [0.1, 0.15) is 49.7 Å². The average Bonchev–Trinajstić information content (AvgIpc) is 2.74. The minimum atomic E-state index is -0.265. The first-order chi connectivity index (χ1) is 11.3. The maximum atomic E-state index is 9.59. The number of benzene rings is 1. The van der Waals surface area contributed by atoms with Gasteiger partial charge >= 0.3 is 0 Å². The lowest BCUT2D eigenvalue weighted by atomic mass is 9.87. The number of nitrogens with zero attached hydrogens (tertiary/aromatic N) is 2. The summed E-state index contributed by atoms with van der Waals surface area (Å²) in [5.74, 6) is 0. The summed E-state index contributed by atoms with van der Waals surface area (Å²) in [5.41, 5.74) is 4.93. The van der Waals surface area contributed by atoms with Crippen molar-refractivity contribution in [3.63, 3.8) is 0 Å². The molecule has 0 saturated heterocycles. The fraction of sp³-hybridized carbons (Fsp3) is 0.550. The van der Waals surface area contributed by atoms with Crippen molar-refractivity contribution in [3.8, 4) is 0 Å². The van der Waals surface area contributed by atoms with E-state index < -0.39 is 0 Å². The maximum absolute atomic E-state index is 9.59. The van der Waals surface area contributed by atoms with Gasteiger partial charge in [-0.15, -0.1) is 0 Å². The van der Waals surface area contributed by atoms with Gasteiger partial charge in [-0.05, 0) is 38.2 Å². The Morgan fingerprint density at radius 3 is 2.50 bits per heavy atom. The predicted molar refractivity (Wildman–Crippen MR) is 99.0 cm³/mol. The van der Waals surface area contributed by atoms with Crippen LogP contribution in [-0.2, 0) is 13.1 Å². The third kappa shape index (κ3) is 5.18. The molecule has 4 heteroatoms. The predicted octanol–water partition coefficient (Wildman–Crippen LogP) is 3.43. The first kappa shape index (κ1) is 18.7. The molecule has 1 atom stereocenters. The molecule has 0 radical (unpaired) electrons. The number of aliphatic hydroxyl groups is 1. The summed E-state index contributed by atoms with van der Waals surface area (Å²) < 4.78 is 2.09. The van der Waals surface area contributed by atoms with E-state index in [1.54, 1.807) is 0 Å². The van der Waals surface area contributed by atoms with Gasteiger partial charge in [0.1, 0.15) is 0 Å². The molecule has 0 aliphatic rings. The quantitative estimate of drug-likeness (QED) is 0.780. The summed E-state index contributed by atoms with van der Waals surface area (Å²) in [7, 11) is 0. The van der Waals surface area contributed by atoms with E-state index in [-0.39, 0.29) is 11.5 Å². The van der Waals surface area contributed by atoms with E-state index in [0.717, 1.165) is 31.7 Å². The number of rotatable bonds is 8. The molecular formula is C20H31N3O. The zero-order chi connectivity index (χ0) is 17.7. The third-order valence-corrected chi connectivity index (χ3v) is 4.46. The molecule has 24 heavy (non-hydrogen) atoms. The summed E-state index contributed by atoms with van der Waals surface area (Å²) >= 11 is 0. The first-order valence-corrected chi connectivity index (χ1v) is 8.74. The maximum Gasteiger partial charge on any atom is 0.0662 e. The Balaban J connectivity index is 1.99. The molecule has 2 N–H and O–H groups in total. The molecule has 0 aliphatic carbocycles. The van der Waals surface area contributed by atoms with Crippen LogP contribution in [0.3, 0.4) is 0 Å². The average molecular weight is 329 g/mol. The van der Waals surface area contributed by atoms with Gasteiger partial charge in [-0.1, -0.05) is 44.2 Å². The molecule has 1 unspecified atom stereocenters. The van der Waals surface area contributed by atoms with Crippen LogP contribution >= 0.6 is 0 Å². The summed E-state index contributed by atoms with van der Waals surface area (Å²) in [6.45, 7) is 12.9. The Morgan fingerprint density at radius 1 is 1.21 bits per heavy atom. The van der Waals surface area contributed by atoms with E-state index >= 15 is 0 Å².